The lowest BCUT2D eigenvalue weighted by Crippen LogP contribution is -2.48. The first-order valence-corrected chi connectivity index (χ1v) is 8.28. The molecule has 0 aromatic heterocycles. The third-order valence-corrected chi connectivity index (χ3v) is 4.68. The predicted octanol–water partition coefficient (Wildman–Crippen LogP) is 1.94. The fraction of sp³-hybridized carbons (Fsp3) is 0.438. The van der Waals surface area contributed by atoms with Gasteiger partial charge in [0.25, 0.3) is 5.91 Å². The van der Waals surface area contributed by atoms with Crippen LogP contribution in [0.2, 0.25) is 0 Å². The number of carbonyl (C=O) groups is 2. The van der Waals surface area contributed by atoms with E-state index in [0.29, 0.717) is 37.4 Å². The molecule has 3 rings (SSSR count). The molecule has 0 bridgehead atoms. The number of anilines is 1. The van der Waals surface area contributed by atoms with E-state index >= 15 is 0 Å². The summed E-state index contributed by atoms with van der Waals surface area (Å²) in [6, 6.07) is 7.62. The van der Waals surface area contributed by atoms with Gasteiger partial charge in [0.1, 0.15) is 12.3 Å². The van der Waals surface area contributed by atoms with E-state index in [9.17, 15) is 9.59 Å². The summed E-state index contributed by atoms with van der Waals surface area (Å²) >= 11 is 3.37. The van der Waals surface area contributed by atoms with Gasteiger partial charge in [-0.1, -0.05) is 15.9 Å². The fourth-order valence-electron chi connectivity index (χ4n) is 2.84. The van der Waals surface area contributed by atoms with E-state index in [1.807, 2.05) is 6.07 Å². The Morgan fingerprint density at radius 3 is 2.83 bits per heavy atom. The number of likely N-dealkylation sites (tertiary alicyclic amines) is 1. The summed E-state index contributed by atoms with van der Waals surface area (Å²) < 4.78 is 6.28. The highest BCUT2D eigenvalue weighted by molar-refractivity contribution is 9.10. The van der Waals surface area contributed by atoms with Crippen molar-refractivity contribution in [2.24, 2.45) is 5.92 Å². The van der Waals surface area contributed by atoms with Crippen molar-refractivity contribution in [3.8, 4) is 11.8 Å². The monoisotopic (exact) mass is 377 g/mol. The number of rotatable bonds is 2. The number of piperidine rings is 1. The molecule has 2 heterocycles. The van der Waals surface area contributed by atoms with Crippen LogP contribution in [0.25, 0.3) is 0 Å². The first-order valence-electron chi connectivity index (χ1n) is 7.48. The van der Waals surface area contributed by atoms with Crippen LogP contribution in [0.3, 0.4) is 0 Å². The quantitative estimate of drug-likeness (QED) is 0.789. The van der Waals surface area contributed by atoms with Crippen molar-refractivity contribution in [2.45, 2.75) is 12.8 Å². The highest BCUT2D eigenvalue weighted by Crippen LogP contribution is 2.34. The molecule has 1 fully saturated rings. The number of hydrogen-bond acceptors (Lipinski definition) is 4. The van der Waals surface area contributed by atoms with Crippen molar-refractivity contribution < 1.29 is 14.3 Å². The molecular formula is C16H16BrN3O3. The second kappa shape index (κ2) is 6.59. The molecule has 120 valence electrons. The maximum atomic E-state index is 12.5. The number of nitriles is 1. The summed E-state index contributed by atoms with van der Waals surface area (Å²) in [5.74, 6) is 0.308. The summed E-state index contributed by atoms with van der Waals surface area (Å²) in [6.07, 6.45) is 1.39. The molecule has 2 amide bonds. The van der Waals surface area contributed by atoms with Gasteiger partial charge in [-0.2, -0.15) is 5.26 Å². The Morgan fingerprint density at radius 2 is 2.13 bits per heavy atom. The minimum atomic E-state index is -0.222. The van der Waals surface area contributed by atoms with E-state index < -0.39 is 0 Å². The molecule has 2 aliphatic heterocycles. The molecule has 2 aliphatic rings. The molecular weight excluding hydrogens is 362 g/mol. The third-order valence-electron chi connectivity index (χ3n) is 4.19. The zero-order valence-corrected chi connectivity index (χ0v) is 14.1. The standard InChI is InChI=1S/C16H16BrN3O3/c17-12-1-2-13-14(7-12)23-10-16(22)20(13)9-15(21)19-5-3-11(8-18)4-6-19/h1-2,7,11H,3-6,9-10H2. The molecule has 1 saturated heterocycles. The van der Waals surface area contributed by atoms with E-state index in [0.717, 1.165) is 4.47 Å². The van der Waals surface area contributed by atoms with E-state index in [1.54, 1.807) is 17.0 Å². The molecule has 0 unspecified atom stereocenters. The lowest BCUT2D eigenvalue weighted by molar-refractivity contribution is -0.133. The van der Waals surface area contributed by atoms with E-state index in [1.165, 1.54) is 4.90 Å². The van der Waals surface area contributed by atoms with Crippen molar-refractivity contribution >= 4 is 33.4 Å². The second-order valence-corrected chi connectivity index (χ2v) is 6.58. The van der Waals surface area contributed by atoms with Gasteiger partial charge >= 0.3 is 0 Å². The van der Waals surface area contributed by atoms with Crippen LogP contribution in [-0.2, 0) is 9.59 Å². The van der Waals surface area contributed by atoms with Crippen molar-refractivity contribution in [1.82, 2.24) is 4.90 Å². The van der Waals surface area contributed by atoms with Gasteiger partial charge in [0.15, 0.2) is 6.61 Å². The van der Waals surface area contributed by atoms with Gasteiger partial charge in [-0.3, -0.25) is 14.5 Å². The van der Waals surface area contributed by atoms with E-state index in [-0.39, 0.29) is 30.9 Å². The fourth-order valence-corrected chi connectivity index (χ4v) is 3.18. The second-order valence-electron chi connectivity index (χ2n) is 5.66. The molecule has 0 radical (unpaired) electrons. The Bertz CT molecular complexity index is 678. The Kier molecular flexibility index (Phi) is 4.53. The molecule has 6 nitrogen and oxygen atoms in total. The lowest BCUT2D eigenvalue weighted by Gasteiger charge is -2.33. The average molecular weight is 378 g/mol. The zero-order valence-electron chi connectivity index (χ0n) is 12.5. The third kappa shape index (κ3) is 3.32. The van der Waals surface area contributed by atoms with Crippen molar-refractivity contribution in [3.05, 3.63) is 22.7 Å². The normalized spacial score (nSPS) is 18.2. The maximum Gasteiger partial charge on any atom is 0.265 e. The maximum absolute atomic E-state index is 12.5. The Morgan fingerprint density at radius 1 is 1.39 bits per heavy atom. The highest BCUT2D eigenvalue weighted by atomic mass is 79.9. The number of halogens is 1. The number of carbonyl (C=O) groups excluding carboxylic acids is 2. The van der Waals surface area contributed by atoms with E-state index in [4.69, 9.17) is 10.00 Å². The number of amides is 2. The van der Waals surface area contributed by atoms with Crippen molar-refractivity contribution in [3.63, 3.8) is 0 Å². The minimum absolute atomic E-state index is 0.00798. The van der Waals surface area contributed by atoms with Crippen LogP contribution in [0, 0.1) is 17.2 Å². The van der Waals surface area contributed by atoms with Crippen LogP contribution in [-0.4, -0.2) is 43.0 Å². The minimum Gasteiger partial charge on any atom is -0.482 e. The van der Waals surface area contributed by atoms with Gasteiger partial charge in [-0.25, -0.2) is 0 Å². The molecule has 0 aliphatic carbocycles. The zero-order chi connectivity index (χ0) is 16.4. The van der Waals surface area contributed by atoms with Crippen LogP contribution < -0.4 is 9.64 Å². The molecule has 7 heteroatoms. The van der Waals surface area contributed by atoms with Gasteiger partial charge in [0, 0.05) is 23.5 Å². The first kappa shape index (κ1) is 15.8. The van der Waals surface area contributed by atoms with Gasteiger partial charge < -0.3 is 9.64 Å². The van der Waals surface area contributed by atoms with Crippen LogP contribution >= 0.6 is 15.9 Å². The number of hydrogen-bond donors (Lipinski definition) is 0. The van der Waals surface area contributed by atoms with E-state index in [2.05, 4.69) is 22.0 Å². The topological polar surface area (TPSA) is 73.6 Å². The Labute approximate surface area is 142 Å². The molecule has 0 saturated carbocycles. The molecule has 1 aromatic carbocycles. The number of ether oxygens (including phenoxy) is 1. The summed E-state index contributed by atoms with van der Waals surface area (Å²) in [6.45, 7) is 1.09. The predicted molar refractivity (Wildman–Crippen MR) is 86.9 cm³/mol. The SMILES string of the molecule is N#CC1CCN(C(=O)CN2C(=O)COc3cc(Br)ccc32)CC1. The van der Waals surface area contributed by atoms with Gasteiger partial charge in [-0.05, 0) is 31.0 Å². The number of fused-ring (bicyclic) bond motifs is 1. The lowest BCUT2D eigenvalue weighted by atomic mass is 9.98. The Hall–Kier alpha value is -2.07. The largest absolute Gasteiger partial charge is 0.482 e. The smallest absolute Gasteiger partial charge is 0.265 e. The van der Waals surface area contributed by atoms with Crippen LogP contribution in [0.5, 0.6) is 5.75 Å². The average Bonchev–Trinajstić information content (AvgIpc) is 2.57. The van der Waals surface area contributed by atoms with Gasteiger partial charge in [-0.15, -0.1) is 0 Å². The van der Waals surface area contributed by atoms with Crippen LogP contribution in [0.15, 0.2) is 22.7 Å². The molecule has 1 aromatic rings. The summed E-state index contributed by atoms with van der Waals surface area (Å²) in [4.78, 5) is 27.8. The van der Waals surface area contributed by atoms with Crippen LogP contribution in [0.4, 0.5) is 5.69 Å². The van der Waals surface area contributed by atoms with Crippen LogP contribution in [0.1, 0.15) is 12.8 Å². The Balaban J connectivity index is 1.71. The summed E-state index contributed by atoms with van der Waals surface area (Å²) in [5, 5.41) is 8.92. The van der Waals surface area contributed by atoms with Crippen molar-refractivity contribution in [1.29, 1.82) is 5.26 Å². The highest BCUT2D eigenvalue weighted by Gasteiger charge is 2.30. The first-order chi connectivity index (χ1) is 11.1. The molecule has 0 spiro atoms. The van der Waals surface area contributed by atoms with Crippen molar-refractivity contribution in [2.75, 3.05) is 31.1 Å². The van der Waals surface area contributed by atoms with Gasteiger partial charge in [0.2, 0.25) is 5.91 Å². The molecule has 0 N–H and O–H groups in total. The number of benzene rings is 1. The molecule has 23 heavy (non-hydrogen) atoms. The summed E-state index contributed by atoms with van der Waals surface area (Å²) in [5.41, 5.74) is 0.615. The number of nitrogens with zero attached hydrogens (tertiary/aromatic N) is 3. The summed E-state index contributed by atoms with van der Waals surface area (Å²) in [7, 11) is 0. The molecule has 0 atom stereocenters. The van der Waals surface area contributed by atoms with Gasteiger partial charge in [0.05, 0.1) is 11.8 Å².